The summed E-state index contributed by atoms with van der Waals surface area (Å²) in [4.78, 5) is 4.16. The second-order valence-corrected chi connectivity index (χ2v) is 2.51. The van der Waals surface area contributed by atoms with Crippen LogP contribution < -0.4 is 0 Å². The summed E-state index contributed by atoms with van der Waals surface area (Å²) in [5, 5.41) is 0. The molecule has 2 nitrogen and oxygen atoms in total. The molecule has 1 aromatic carbocycles. The molecule has 1 aliphatic heterocycles. The lowest BCUT2D eigenvalue weighted by atomic mass is 10.1. The van der Waals surface area contributed by atoms with Crippen LogP contribution in [0.3, 0.4) is 0 Å². The molecule has 2 rings (SSSR count). The van der Waals surface area contributed by atoms with Crippen LogP contribution in [0.15, 0.2) is 35.3 Å². The van der Waals surface area contributed by atoms with Crippen molar-refractivity contribution in [1.82, 2.24) is 0 Å². The van der Waals surface area contributed by atoms with Gasteiger partial charge in [-0.2, -0.15) is 0 Å². The van der Waals surface area contributed by atoms with Gasteiger partial charge >= 0.3 is 0 Å². The maximum atomic E-state index is 5.02. The first-order valence-corrected chi connectivity index (χ1v) is 3.65. The fraction of sp³-hybridized carbons (Fsp3) is 0.222. The van der Waals surface area contributed by atoms with Gasteiger partial charge in [0.2, 0.25) is 0 Å². The fourth-order valence-electron chi connectivity index (χ4n) is 1.15. The van der Waals surface area contributed by atoms with Crippen molar-refractivity contribution in [2.24, 2.45) is 4.99 Å². The minimum atomic E-state index is 0.219. The molecule has 0 bridgehead atoms. The quantitative estimate of drug-likeness (QED) is 0.593. The van der Waals surface area contributed by atoms with E-state index in [-0.39, 0.29) is 6.04 Å². The minimum absolute atomic E-state index is 0.219. The number of benzene rings is 1. The smallest absolute Gasteiger partial charge is 0.170 e. The molecule has 1 unspecified atom stereocenters. The van der Waals surface area contributed by atoms with Crippen molar-refractivity contribution in [3.8, 4) is 0 Å². The Morgan fingerprint density at radius 3 is 2.73 bits per heavy atom. The van der Waals surface area contributed by atoms with E-state index in [1.165, 1.54) is 12.0 Å². The van der Waals surface area contributed by atoms with Crippen LogP contribution in [0.25, 0.3) is 0 Å². The molecule has 0 aromatic heterocycles. The molecule has 1 aliphatic rings. The van der Waals surface area contributed by atoms with Gasteiger partial charge < -0.3 is 4.74 Å². The molecule has 0 saturated carbocycles. The summed E-state index contributed by atoms with van der Waals surface area (Å²) in [7, 11) is 0. The average molecular weight is 147 g/mol. The molecule has 0 amide bonds. The Morgan fingerprint density at radius 2 is 2.09 bits per heavy atom. The first-order valence-electron chi connectivity index (χ1n) is 3.65. The molecular formula is C9H9NO. The van der Waals surface area contributed by atoms with E-state index >= 15 is 0 Å². The van der Waals surface area contributed by atoms with Crippen LogP contribution in [0.2, 0.25) is 0 Å². The normalized spacial score (nSPS) is 21.6. The van der Waals surface area contributed by atoms with E-state index in [9.17, 15) is 0 Å². The van der Waals surface area contributed by atoms with Gasteiger partial charge in [0.25, 0.3) is 0 Å². The predicted octanol–water partition coefficient (Wildman–Crippen LogP) is 1.79. The van der Waals surface area contributed by atoms with Crippen molar-refractivity contribution >= 4 is 6.40 Å². The number of hydrogen-bond acceptors (Lipinski definition) is 2. The van der Waals surface area contributed by atoms with Gasteiger partial charge in [0.1, 0.15) is 12.6 Å². The van der Waals surface area contributed by atoms with Crippen molar-refractivity contribution in [3.05, 3.63) is 35.9 Å². The second-order valence-electron chi connectivity index (χ2n) is 2.51. The number of ether oxygens (including phenoxy) is 1. The van der Waals surface area contributed by atoms with Crippen LogP contribution in [0, 0.1) is 0 Å². The summed E-state index contributed by atoms with van der Waals surface area (Å²) in [6, 6.07) is 10.4. The first-order chi connectivity index (χ1) is 5.47. The minimum Gasteiger partial charge on any atom is -0.481 e. The lowest BCUT2D eigenvalue weighted by molar-refractivity contribution is 0.330. The number of rotatable bonds is 1. The first kappa shape index (κ1) is 6.40. The highest BCUT2D eigenvalue weighted by Gasteiger charge is 2.12. The Hall–Kier alpha value is -1.31. The van der Waals surface area contributed by atoms with E-state index in [1.807, 2.05) is 18.2 Å². The molecule has 0 aliphatic carbocycles. The maximum absolute atomic E-state index is 5.02. The van der Waals surface area contributed by atoms with E-state index < -0.39 is 0 Å². The summed E-state index contributed by atoms with van der Waals surface area (Å²) in [6.07, 6.45) is 1.53. The molecule has 0 spiro atoms. The third-order valence-electron chi connectivity index (χ3n) is 1.75. The zero-order valence-electron chi connectivity index (χ0n) is 6.10. The third kappa shape index (κ3) is 1.24. The van der Waals surface area contributed by atoms with E-state index in [4.69, 9.17) is 4.74 Å². The predicted molar refractivity (Wildman–Crippen MR) is 43.6 cm³/mol. The summed E-state index contributed by atoms with van der Waals surface area (Å²) in [5.74, 6) is 0. The third-order valence-corrected chi connectivity index (χ3v) is 1.75. The highest BCUT2D eigenvalue weighted by Crippen LogP contribution is 2.19. The molecule has 1 heterocycles. The van der Waals surface area contributed by atoms with Crippen LogP contribution in [-0.2, 0) is 4.74 Å². The SMILES string of the molecule is C1=NC(c2ccccc2)CO1. The maximum Gasteiger partial charge on any atom is 0.170 e. The van der Waals surface area contributed by atoms with Gasteiger partial charge in [-0.3, -0.25) is 0 Å². The Balaban J connectivity index is 2.23. The van der Waals surface area contributed by atoms with Crippen molar-refractivity contribution in [2.75, 3.05) is 6.61 Å². The Bertz CT molecular complexity index is 256. The monoisotopic (exact) mass is 147 g/mol. The van der Waals surface area contributed by atoms with Gasteiger partial charge in [0.15, 0.2) is 6.40 Å². The summed E-state index contributed by atoms with van der Waals surface area (Å²) >= 11 is 0. The summed E-state index contributed by atoms with van der Waals surface area (Å²) < 4.78 is 5.02. The molecule has 0 radical (unpaired) electrons. The largest absolute Gasteiger partial charge is 0.481 e. The van der Waals surface area contributed by atoms with Crippen LogP contribution in [0.1, 0.15) is 11.6 Å². The van der Waals surface area contributed by atoms with Gasteiger partial charge in [-0.15, -0.1) is 0 Å². The zero-order chi connectivity index (χ0) is 7.52. The number of nitrogens with zero attached hydrogens (tertiary/aromatic N) is 1. The lowest BCUT2D eigenvalue weighted by Crippen LogP contribution is -1.95. The van der Waals surface area contributed by atoms with Crippen molar-refractivity contribution in [2.45, 2.75) is 6.04 Å². The van der Waals surface area contributed by atoms with Crippen LogP contribution in [0.4, 0.5) is 0 Å². The lowest BCUT2D eigenvalue weighted by Gasteiger charge is -2.03. The molecular weight excluding hydrogens is 138 g/mol. The number of hydrogen-bond donors (Lipinski definition) is 0. The van der Waals surface area contributed by atoms with Crippen molar-refractivity contribution < 1.29 is 4.74 Å². The Morgan fingerprint density at radius 1 is 1.27 bits per heavy atom. The molecule has 2 heteroatoms. The van der Waals surface area contributed by atoms with Crippen LogP contribution >= 0.6 is 0 Å². The van der Waals surface area contributed by atoms with E-state index in [0.29, 0.717) is 6.61 Å². The Kier molecular flexibility index (Phi) is 1.60. The topological polar surface area (TPSA) is 21.6 Å². The van der Waals surface area contributed by atoms with Gasteiger partial charge in [-0.05, 0) is 5.56 Å². The highest BCUT2D eigenvalue weighted by atomic mass is 16.5. The van der Waals surface area contributed by atoms with Crippen LogP contribution in [0.5, 0.6) is 0 Å². The highest BCUT2D eigenvalue weighted by molar-refractivity contribution is 5.50. The van der Waals surface area contributed by atoms with Crippen LogP contribution in [-0.4, -0.2) is 13.0 Å². The molecule has 11 heavy (non-hydrogen) atoms. The van der Waals surface area contributed by atoms with E-state index in [2.05, 4.69) is 17.1 Å². The summed E-state index contributed by atoms with van der Waals surface area (Å²) in [6.45, 7) is 0.685. The van der Waals surface area contributed by atoms with E-state index in [0.717, 1.165) is 0 Å². The standard InChI is InChI=1S/C9H9NO/c1-2-4-8(5-3-1)9-6-11-7-10-9/h1-5,7,9H,6H2. The molecule has 1 aromatic rings. The molecule has 0 fully saturated rings. The zero-order valence-corrected chi connectivity index (χ0v) is 6.10. The second kappa shape index (κ2) is 2.74. The molecule has 0 saturated heterocycles. The van der Waals surface area contributed by atoms with E-state index in [1.54, 1.807) is 0 Å². The fourth-order valence-corrected chi connectivity index (χ4v) is 1.15. The average Bonchev–Trinajstić information content (AvgIpc) is 2.58. The number of aliphatic imine (C=N–C) groups is 1. The molecule has 56 valence electrons. The summed E-state index contributed by atoms with van der Waals surface area (Å²) in [5.41, 5.74) is 1.22. The molecule has 1 atom stereocenters. The van der Waals surface area contributed by atoms with Gasteiger partial charge in [-0.1, -0.05) is 30.3 Å². The van der Waals surface area contributed by atoms with Gasteiger partial charge in [0.05, 0.1) is 0 Å². The Labute approximate surface area is 65.5 Å². The van der Waals surface area contributed by atoms with Crippen molar-refractivity contribution in [1.29, 1.82) is 0 Å². The van der Waals surface area contributed by atoms with Gasteiger partial charge in [0, 0.05) is 0 Å². The van der Waals surface area contributed by atoms with Gasteiger partial charge in [-0.25, -0.2) is 4.99 Å². The molecule has 0 N–H and O–H groups in total. The van der Waals surface area contributed by atoms with Crippen molar-refractivity contribution in [3.63, 3.8) is 0 Å².